The monoisotopic (exact) mass is 356 g/mol. The van der Waals surface area contributed by atoms with Crippen molar-refractivity contribution in [3.63, 3.8) is 0 Å². The first-order chi connectivity index (χ1) is 10.7. The van der Waals surface area contributed by atoms with Gasteiger partial charge in [-0.15, -0.1) is 0 Å². The molecule has 0 aliphatic carbocycles. The molecule has 0 aromatic heterocycles. The van der Waals surface area contributed by atoms with Gasteiger partial charge in [-0.3, -0.25) is 14.1 Å². The van der Waals surface area contributed by atoms with E-state index in [1.807, 2.05) is 0 Å². The van der Waals surface area contributed by atoms with Crippen molar-refractivity contribution in [3.8, 4) is 0 Å². The molecule has 0 amide bonds. The molecule has 0 rings (SSSR count). The standard InChI is InChI=1S/C10H22O.C4H6O7S/c1-2-3-4-5-6-7-8-9-10-11;5-3(6)1-2(4(7)8)12(9,10)11/h11H,2-10H2,1H3;2H,1H2,(H,5,6)(H,7,8)(H,9,10,11). The molecule has 0 aliphatic rings. The quantitative estimate of drug-likeness (QED) is 0.306. The predicted octanol–water partition coefficient (Wildman–Crippen LogP) is 1.92. The van der Waals surface area contributed by atoms with E-state index in [2.05, 4.69) is 6.92 Å². The van der Waals surface area contributed by atoms with Crippen LogP contribution in [0.4, 0.5) is 0 Å². The Bertz CT molecular complexity index is 410. The van der Waals surface area contributed by atoms with Crippen molar-refractivity contribution < 1.29 is 37.9 Å². The summed E-state index contributed by atoms with van der Waals surface area (Å²) in [5, 5.41) is 22.4. The summed E-state index contributed by atoms with van der Waals surface area (Å²) < 4.78 is 28.7. The van der Waals surface area contributed by atoms with E-state index in [9.17, 15) is 18.0 Å². The highest BCUT2D eigenvalue weighted by Gasteiger charge is 2.33. The fourth-order valence-corrected chi connectivity index (χ4v) is 2.33. The van der Waals surface area contributed by atoms with Gasteiger partial charge in [-0.25, -0.2) is 0 Å². The van der Waals surface area contributed by atoms with Crippen LogP contribution in [-0.2, 0) is 19.7 Å². The normalized spacial score (nSPS) is 12.1. The Morgan fingerprint density at radius 2 is 1.35 bits per heavy atom. The molecule has 0 aromatic carbocycles. The predicted molar refractivity (Wildman–Crippen MR) is 84.9 cm³/mol. The lowest BCUT2D eigenvalue weighted by Gasteiger charge is -2.04. The van der Waals surface area contributed by atoms with E-state index in [1.54, 1.807) is 0 Å². The van der Waals surface area contributed by atoms with Crippen molar-refractivity contribution in [2.24, 2.45) is 0 Å². The molecule has 1 atom stereocenters. The van der Waals surface area contributed by atoms with Crippen molar-refractivity contribution >= 4 is 22.1 Å². The summed E-state index contributed by atoms with van der Waals surface area (Å²) in [5.41, 5.74) is 0. The highest BCUT2D eigenvalue weighted by atomic mass is 32.2. The van der Waals surface area contributed by atoms with Crippen LogP contribution in [0.5, 0.6) is 0 Å². The van der Waals surface area contributed by atoms with Crippen LogP contribution >= 0.6 is 0 Å². The first kappa shape index (κ1) is 24.1. The van der Waals surface area contributed by atoms with Crippen molar-refractivity contribution in [1.82, 2.24) is 0 Å². The van der Waals surface area contributed by atoms with E-state index in [4.69, 9.17) is 19.9 Å². The first-order valence-corrected chi connectivity index (χ1v) is 9.18. The summed E-state index contributed by atoms with van der Waals surface area (Å²) in [6.07, 6.45) is 9.22. The van der Waals surface area contributed by atoms with Gasteiger partial charge in [0.1, 0.15) is 0 Å². The van der Waals surface area contributed by atoms with Gasteiger partial charge in [0.25, 0.3) is 10.1 Å². The Morgan fingerprint density at radius 3 is 1.61 bits per heavy atom. The Hall–Kier alpha value is -1.19. The summed E-state index contributed by atoms with van der Waals surface area (Å²) in [4.78, 5) is 20.0. The molecule has 0 fully saturated rings. The second-order valence-corrected chi connectivity index (χ2v) is 6.74. The minimum absolute atomic E-state index is 0.370. The van der Waals surface area contributed by atoms with Gasteiger partial charge in [-0.1, -0.05) is 51.9 Å². The number of rotatable bonds is 12. The number of aliphatic hydroxyl groups excluding tert-OH is 1. The SMILES string of the molecule is CCCCCCCCCCO.O=C(O)CC(C(=O)O)S(=O)(=O)O. The van der Waals surface area contributed by atoms with Crippen LogP contribution in [0.1, 0.15) is 64.7 Å². The van der Waals surface area contributed by atoms with E-state index >= 15 is 0 Å². The zero-order chi connectivity index (χ0) is 18.3. The van der Waals surface area contributed by atoms with E-state index in [1.165, 1.54) is 44.9 Å². The van der Waals surface area contributed by atoms with Crippen molar-refractivity contribution in [2.45, 2.75) is 70.0 Å². The lowest BCUT2D eigenvalue weighted by molar-refractivity contribution is -0.143. The lowest BCUT2D eigenvalue weighted by Crippen LogP contribution is -2.31. The fraction of sp³-hybridized carbons (Fsp3) is 0.857. The summed E-state index contributed by atoms with van der Waals surface area (Å²) in [6, 6.07) is 0. The van der Waals surface area contributed by atoms with Gasteiger partial charge >= 0.3 is 11.9 Å². The average molecular weight is 356 g/mol. The van der Waals surface area contributed by atoms with E-state index < -0.39 is 33.7 Å². The second kappa shape index (κ2) is 14.4. The van der Waals surface area contributed by atoms with Crippen LogP contribution in [0.15, 0.2) is 0 Å². The molecular weight excluding hydrogens is 328 g/mol. The van der Waals surface area contributed by atoms with E-state index in [0.29, 0.717) is 6.61 Å². The molecule has 0 heterocycles. The van der Waals surface area contributed by atoms with Crippen LogP contribution in [-0.4, -0.2) is 52.1 Å². The van der Waals surface area contributed by atoms with Gasteiger partial charge in [-0.05, 0) is 6.42 Å². The number of unbranched alkanes of at least 4 members (excludes halogenated alkanes) is 7. The summed E-state index contributed by atoms with van der Waals surface area (Å²) >= 11 is 0. The molecule has 0 saturated carbocycles. The third-order valence-corrected chi connectivity index (χ3v) is 4.09. The maximum Gasteiger partial charge on any atom is 0.325 e. The number of hydrogen-bond donors (Lipinski definition) is 4. The van der Waals surface area contributed by atoms with E-state index in [-0.39, 0.29) is 0 Å². The van der Waals surface area contributed by atoms with Gasteiger partial charge in [-0.2, -0.15) is 8.42 Å². The lowest BCUT2D eigenvalue weighted by atomic mass is 10.1. The number of carboxylic acids is 2. The van der Waals surface area contributed by atoms with Crippen LogP contribution in [0.2, 0.25) is 0 Å². The highest BCUT2D eigenvalue weighted by Crippen LogP contribution is 2.07. The van der Waals surface area contributed by atoms with Crippen molar-refractivity contribution in [1.29, 1.82) is 0 Å². The third-order valence-electron chi connectivity index (χ3n) is 3.01. The summed E-state index contributed by atoms with van der Waals surface area (Å²) in [6.45, 7) is 2.61. The van der Waals surface area contributed by atoms with Crippen LogP contribution in [0.3, 0.4) is 0 Å². The number of aliphatic carboxylic acids is 2. The molecule has 0 aliphatic heterocycles. The topological polar surface area (TPSA) is 149 Å². The van der Waals surface area contributed by atoms with Gasteiger partial charge < -0.3 is 15.3 Å². The largest absolute Gasteiger partial charge is 0.481 e. The van der Waals surface area contributed by atoms with Gasteiger partial charge in [0.15, 0.2) is 5.25 Å². The zero-order valence-electron chi connectivity index (χ0n) is 13.5. The Kier molecular flexibility index (Phi) is 15.1. The molecular formula is C14H28O8S. The molecule has 23 heavy (non-hydrogen) atoms. The Balaban J connectivity index is 0. The molecule has 9 heteroatoms. The third kappa shape index (κ3) is 17.0. The average Bonchev–Trinajstić information content (AvgIpc) is 2.43. The fourth-order valence-electron chi connectivity index (χ4n) is 1.72. The van der Waals surface area contributed by atoms with Gasteiger partial charge in [0.05, 0.1) is 6.42 Å². The Morgan fingerprint density at radius 1 is 0.913 bits per heavy atom. The van der Waals surface area contributed by atoms with Crippen molar-refractivity contribution in [3.05, 3.63) is 0 Å². The summed E-state index contributed by atoms with van der Waals surface area (Å²) in [7, 11) is -4.84. The van der Waals surface area contributed by atoms with E-state index in [0.717, 1.165) is 6.42 Å². The van der Waals surface area contributed by atoms with Crippen LogP contribution in [0.25, 0.3) is 0 Å². The molecule has 0 bridgehead atoms. The molecule has 0 spiro atoms. The molecule has 0 radical (unpaired) electrons. The van der Waals surface area contributed by atoms with Gasteiger partial charge in [0.2, 0.25) is 0 Å². The number of hydrogen-bond acceptors (Lipinski definition) is 5. The van der Waals surface area contributed by atoms with Crippen LogP contribution < -0.4 is 0 Å². The van der Waals surface area contributed by atoms with Crippen molar-refractivity contribution in [2.75, 3.05) is 6.61 Å². The smallest absolute Gasteiger partial charge is 0.325 e. The molecule has 1 unspecified atom stereocenters. The molecule has 0 saturated heterocycles. The second-order valence-electron chi connectivity index (χ2n) is 5.14. The number of aliphatic hydroxyl groups is 1. The minimum Gasteiger partial charge on any atom is -0.481 e. The summed E-state index contributed by atoms with van der Waals surface area (Å²) in [5.74, 6) is -3.50. The highest BCUT2D eigenvalue weighted by molar-refractivity contribution is 7.87. The number of carboxylic acid groups (broad SMARTS) is 2. The number of carbonyl (C=O) groups is 2. The molecule has 138 valence electrons. The molecule has 8 nitrogen and oxygen atoms in total. The maximum atomic E-state index is 10.2. The molecule has 0 aromatic rings. The first-order valence-electron chi connectivity index (χ1n) is 7.68. The molecule has 4 N–H and O–H groups in total. The van der Waals surface area contributed by atoms with Crippen LogP contribution in [0, 0.1) is 0 Å². The van der Waals surface area contributed by atoms with Gasteiger partial charge in [0, 0.05) is 6.61 Å². The minimum atomic E-state index is -4.84. The Labute approximate surface area is 137 Å². The maximum absolute atomic E-state index is 10.2. The zero-order valence-corrected chi connectivity index (χ0v) is 14.3.